The van der Waals surface area contributed by atoms with E-state index in [-0.39, 0.29) is 5.91 Å². The number of aromatic nitrogens is 3. The number of nitriles is 1. The van der Waals surface area contributed by atoms with Gasteiger partial charge in [-0.15, -0.1) is 11.3 Å². The molecule has 3 aromatic heterocycles. The van der Waals surface area contributed by atoms with Crippen LogP contribution >= 0.6 is 11.3 Å². The second kappa shape index (κ2) is 7.65. The molecule has 3 aromatic rings. The lowest BCUT2D eigenvalue weighted by Crippen LogP contribution is -2.31. The van der Waals surface area contributed by atoms with E-state index in [1.165, 1.54) is 0 Å². The lowest BCUT2D eigenvalue weighted by atomic mass is 9.85. The van der Waals surface area contributed by atoms with Gasteiger partial charge in [0.1, 0.15) is 11.3 Å². The van der Waals surface area contributed by atoms with Crippen molar-refractivity contribution in [3.63, 3.8) is 0 Å². The van der Waals surface area contributed by atoms with Crippen LogP contribution in [-0.2, 0) is 11.2 Å². The first-order chi connectivity index (χ1) is 13.2. The fourth-order valence-electron chi connectivity index (χ4n) is 4.11. The molecule has 4 rings (SSSR count). The van der Waals surface area contributed by atoms with Crippen LogP contribution in [0.4, 0.5) is 0 Å². The lowest BCUT2D eigenvalue weighted by molar-refractivity contribution is -0.121. The second-order valence-electron chi connectivity index (χ2n) is 7.19. The van der Waals surface area contributed by atoms with E-state index in [1.54, 1.807) is 11.3 Å². The van der Waals surface area contributed by atoms with Gasteiger partial charge in [0.05, 0.1) is 34.4 Å². The molecule has 0 atom stereocenters. The van der Waals surface area contributed by atoms with Crippen molar-refractivity contribution in [1.29, 1.82) is 5.26 Å². The lowest BCUT2D eigenvalue weighted by Gasteiger charge is -2.30. The number of carbonyl (C=O) groups is 1. The van der Waals surface area contributed by atoms with E-state index in [2.05, 4.69) is 26.3 Å². The largest absolute Gasteiger partial charge is 0.356 e. The first-order valence-corrected chi connectivity index (χ1v) is 10.5. The number of pyridine rings is 1. The first-order valence-electron chi connectivity index (χ1n) is 9.58. The highest BCUT2D eigenvalue weighted by atomic mass is 32.1. The highest BCUT2D eigenvalue weighted by molar-refractivity contribution is 7.18. The predicted molar refractivity (Wildman–Crippen MR) is 107 cm³/mol. The summed E-state index contributed by atoms with van der Waals surface area (Å²) in [5.74, 6) is 1.51. The number of rotatable bonds is 5. The number of nitrogens with one attached hydrogen (secondary N) is 1. The molecule has 7 heteroatoms. The van der Waals surface area contributed by atoms with Gasteiger partial charge in [0, 0.05) is 19.0 Å². The first kappa shape index (κ1) is 17.9. The zero-order valence-electron chi connectivity index (χ0n) is 15.4. The van der Waals surface area contributed by atoms with Crippen molar-refractivity contribution in [3.8, 4) is 6.07 Å². The third-order valence-corrected chi connectivity index (χ3v) is 6.43. The minimum Gasteiger partial charge on any atom is -0.356 e. The standard InChI is InChI=1S/C20H23N5OS/c1-2-18(26)23-11-13-3-5-14(6-4-13)25-17(7-9-21)24-16-12-22-15-8-10-27-20(15)19(16)25/h8,10,12-14H,2-7,11H2,1H3,(H,23,26)/t13-,14-. The number of carbonyl (C=O) groups excluding carboxylic acids is 1. The molecule has 0 aromatic carbocycles. The van der Waals surface area contributed by atoms with Crippen LogP contribution in [0.5, 0.6) is 0 Å². The molecule has 1 N–H and O–H groups in total. The van der Waals surface area contributed by atoms with Crippen LogP contribution < -0.4 is 5.32 Å². The van der Waals surface area contributed by atoms with Gasteiger partial charge in [0.15, 0.2) is 0 Å². The van der Waals surface area contributed by atoms with Crippen molar-refractivity contribution in [3.05, 3.63) is 23.5 Å². The molecular weight excluding hydrogens is 358 g/mol. The van der Waals surface area contributed by atoms with Crippen LogP contribution in [0.25, 0.3) is 21.3 Å². The molecule has 0 saturated heterocycles. The van der Waals surface area contributed by atoms with E-state index < -0.39 is 0 Å². The van der Waals surface area contributed by atoms with Gasteiger partial charge in [-0.3, -0.25) is 9.78 Å². The zero-order valence-corrected chi connectivity index (χ0v) is 16.3. The molecule has 27 heavy (non-hydrogen) atoms. The summed E-state index contributed by atoms with van der Waals surface area (Å²) in [7, 11) is 0. The molecule has 1 aliphatic carbocycles. The van der Waals surface area contributed by atoms with Crippen molar-refractivity contribution in [2.24, 2.45) is 5.92 Å². The molecule has 0 bridgehead atoms. The Morgan fingerprint density at radius 3 is 2.93 bits per heavy atom. The molecule has 0 spiro atoms. The summed E-state index contributed by atoms with van der Waals surface area (Å²) in [6.45, 7) is 2.65. The minimum atomic E-state index is 0.127. The van der Waals surface area contributed by atoms with Crippen LogP contribution in [0.1, 0.15) is 50.9 Å². The third kappa shape index (κ3) is 3.42. The molecule has 0 unspecified atom stereocenters. The highest BCUT2D eigenvalue weighted by Gasteiger charge is 2.27. The quantitative estimate of drug-likeness (QED) is 0.725. The van der Waals surface area contributed by atoms with Crippen molar-refractivity contribution in [2.75, 3.05) is 6.54 Å². The van der Waals surface area contributed by atoms with E-state index in [4.69, 9.17) is 4.98 Å². The molecule has 1 saturated carbocycles. The molecular formula is C20H23N5OS. The Hall–Kier alpha value is -2.46. The normalized spacial score (nSPS) is 20.0. The van der Waals surface area contributed by atoms with Gasteiger partial charge in [-0.25, -0.2) is 4.98 Å². The SMILES string of the molecule is CCC(=O)NC[C@H]1CC[C@H](n2c(CC#N)nc3cnc4ccsc4c32)CC1. The summed E-state index contributed by atoms with van der Waals surface area (Å²) in [6.07, 6.45) is 6.94. The van der Waals surface area contributed by atoms with Gasteiger partial charge in [0.25, 0.3) is 0 Å². The Balaban J connectivity index is 1.61. The van der Waals surface area contributed by atoms with E-state index >= 15 is 0 Å². The summed E-state index contributed by atoms with van der Waals surface area (Å²) >= 11 is 1.69. The topological polar surface area (TPSA) is 83.6 Å². The summed E-state index contributed by atoms with van der Waals surface area (Å²) in [4.78, 5) is 20.7. The van der Waals surface area contributed by atoms with Crippen LogP contribution in [0.15, 0.2) is 17.6 Å². The molecule has 1 fully saturated rings. The third-order valence-electron chi connectivity index (χ3n) is 5.52. The maximum atomic E-state index is 11.5. The summed E-state index contributed by atoms with van der Waals surface area (Å²) in [5.41, 5.74) is 3.00. The van der Waals surface area contributed by atoms with Gasteiger partial charge < -0.3 is 9.88 Å². The number of amides is 1. The average molecular weight is 382 g/mol. The predicted octanol–water partition coefficient (Wildman–Crippen LogP) is 3.97. The molecule has 0 radical (unpaired) electrons. The van der Waals surface area contributed by atoms with E-state index in [0.29, 0.717) is 24.8 Å². The Morgan fingerprint density at radius 1 is 1.37 bits per heavy atom. The molecule has 3 heterocycles. The van der Waals surface area contributed by atoms with Crippen molar-refractivity contribution < 1.29 is 4.79 Å². The highest BCUT2D eigenvalue weighted by Crippen LogP contribution is 2.38. The van der Waals surface area contributed by atoms with Gasteiger partial charge in [-0.05, 0) is 43.0 Å². The van der Waals surface area contributed by atoms with Gasteiger partial charge in [0.2, 0.25) is 5.91 Å². The smallest absolute Gasteiger partial charge is 0.219 e. The Morgan fingerprint density at radius 2 is 2.19 bits per heavy atom. The van der Waals surface area contributed by atoms with Crippen molar-refractivity contribution in [1.82, 2.24) is 19.9 Å². The Bertz CT molecular complexity index is 1010. The van der Waals surface area contributed by atoms with Crippen molar-refractivity contribution in [2.45, 2.75) is 51.5 Å². The molecule has 1 amide bonds. The van der Waals surface area contributed by atoms with Crippen LogP contribution in [-0.4, -0.2) is 27.0 Å². The number of nitrogens with zero attached hydrogens (tertiary/aromatic N) is 4. The maximum Gasteiger partial charge on any atom is 0.219 e. The van der Waals surface area contributed by atoms with Crippen molar-refractivity contribution >= 4 is 38.5 Å². The Kier molecular flexibility index (Phi) is 5.08. The fourth-order valence-corrected chi connectivity index (χ4v) is 4.99. The summed E-state index contributed by atoms with van der Waals surface area (Å²) in [6, 6.07) is 4.65. The van der Waals surface area contributed by atoms with Gasteiger partial charge in [-0.1, -0.05) is 6.92 Å². The van der Waals surface area contributed by atoms with E-state index in [0.717, 1.165) is 59.3 Å². The number of thiophene rings is 1. The molecule has 0 aliphatic heterocycles. The fraction of sp³-hybridized carbons (Fsp3) is 0.500. The zero-order chi connectivity index (χ0) is 18.8. The van der Waals surface area contributed by atoms with E-state index in [9.17, 15) is 10.1 Å². The summed E-state index contributed by atoms with van der Waals surface area (Å²) in [5, 5.41) is 14.4. The number of hydrogen-bond donors (Lipinski definition) is 1. The number of hydrogen-bond acceptors (Lipinski definition) is 5. The average Bonchev–Trinajstić information content (AvgIpc) is 3.30. The van der Waals surface area contributed by atoms with E-state index in [1.807, 2.05) is 19.2 Å². The molecule has 1 aliphatic rings. The monoisotopic (exact) mass is 381 g/mol. The Labute approximate surface area is 162 Å². The summed E-state index contributed by atoms with van der Waals surface area (Å²) < 4.78 is 3.46. The second-order valence-corrected chi connectivity index (χ2v) is 8.11. The molecule has 6 nitrogen and oxygen atoms in total. The van der Waals surface area contributed by atoms with Crippen LogP contribution in [0.2, 0.25) is 0 Å². The van der Waals surface area contributed by atoms with Crippen LogP contribution in [0.3, 0.4) is 0 Å². The number of fused-ring (bicyclic) bond motifs is 3. The number of imidazole rings is 1. The maximum absolute atomic E-state index is 11.5. The van der Waals surface area contributed by atoms with Crippen LogP contribution in [0, 0.1) is 17.2 Å². The minimum absolute atomic E-state index is 0.127. The van der Waals surface area contributed by atoms with Gasteiger partial charge >= 0.3 is 0 Å². The van der Waals surface area contributed by atoms with Gasteiger partial charge in [-0.2, -0.15) is 5.26 Å². The molecule has 140 valence electrons.